The van der Waals surface area contributed by atoms with Crippen LogP contribution in [-0.4, -0.2) is 43.9 Å². The van der Waals surface area contributed by atoms with Gasteiger partial charge in [0.1, 0.15) is 5.78 Å². The van der Waals surface area contributed by atoms with Crippen LogP contribution in [0.15, 0.2) is 0 Å². The van der Waals surface area contributed by atoms with Gasteiger partial charge in [-0.1, -0.05) is 12.8 Å². The molecule has 10 heteroatoms. The Labute approximate surface area is 142 Å². The van der Waals surface area contributed by atoms with Gasteiger partial charge in [-0.3, -0.25) is 14.2 Å². The number of phosphoric acid groups is 1. The first-order chi connectivity index (χ1) is 11.2. The zero-order valence-electron chi connectivity index (χ0n) is 14.3. The molecule has 0 aromatic heterocycles. The minimum atomic E-state index is -4.15. The van der Waals surface area contributed by atoms with Crippen molar-refractivity contribution >= 4 is 25.4 Å². The minimum Gasteiger partial charge on any atom is -0.756 e. The monoisotopic (exact) mass is 365 g/mol. The third kappa shape index (κ3) is 12.2. The van der Waals surface area contributed by atoms with Gasteiger partial charge >= 0.3 is 6.03 Å². The highest BCUT2D eigenvalue weighted by Crippen LogP contribution is 2.36. The van der Waals surface area contributed by atoms with Crippen molar-refractivity contribution in [2.24, 2.45) is 0 Å². The van der Waals surface area contributed by atoms with Gasteiger partial charge in [0, 0.05) is 20.1 Å². The molecule has 9 nitrogen and oxygen atoms in total. The summed E-state index contributed by atoms with van der Waals surface area (Å²) in [5.41, 5.74) is 0. The zero-order chi connectivity index (χ0) is 18.6. The molecule has 0 spiro atoms. The molecule has 2 atom stereocenters. The molecule has 0 heterocycles. The Balaban J connectivity index is 3.73. The number of hydrogen-bond acceptors (Lipinski definition) is 7. The Morgan fingerprint density at radius 3 is 2.29 bits per heavy atom. The van der Waals surface area contributed by atoms with Crippen LogP contribution in [0.5, 0.6) is 0 Å². The van der Waals surface area contributed by atoms with E-state index in [1.807, 2.05) is 0 Å². The Bertz CT molecular complexity index is 470. The molecule has 0 saturated carbocycles. The van der Waals surface area contributed by atoms with Crippen LogP contribution in [0.25, 0.3) is 0 Å². The third-order valence-corrected chi connectivity index (χ3v) is 4.06. The van der Waals surface area contributed by atoms with Crippen molar-refractivity contribution < 1.29 is 32.9 Å². The van der Waals surface area contributed by atoms with Gasteiger partial charge in [0.2, 0.25) is 0 Å². The van der Waals surface area contributed by atoms with Crippen molar-refractivity contribution in [3.8, 4) is 0 Å². The second-order valence-electron chi connectivity index (χ2n) is 5.35. The van der Waals surface area contributed by atoms with E-state index in [9.17, 15) is 23.8 Å². The van der Waals surface area contributed by atoms with E-state index >= 15 is 0 Å². The van der Waals surface area contributed by atoms with E-state index in [1.54, 1.807) is 0 Å². The molecule has 2 N–H and O–H groups in total. The molecular formula is C14H26N2O7P-. The Morgan fingerprint density at radius 1 is 1.12 bits per heavy atom. The number of carbonyl (C=O) groups is 3. The summed E-state index contributed by atoms with van der Waals surface area (Å²) in [6.45, 7) is 3.15. The van der Waals surface area contributed by atoms with E-state index in [2.05, 4.69) is 19.7 Å². The predicted octanol–water partition coefficient (Wildman–Crippen LogP) is 0.914. The summed E-state index contributed by atoms with van der Waals surface area (Å²) < 4.78 is 19.6. The van der Waals surface area contributed by atoms with Gasteiger partial charge in [-0.25, -0.2) is 4.79 Å². The molecule has 0 saturated heterocycles. The molecule has 2 amide bonds. The maximum absolute atomic E-state index is 11.6. The smallest absolute Gasteiger partial charge is 0.315 e. The molecule has 0 radical (unpaired) electrons. The molecule has 0 aliphatic carbocycles. The number of amides is 2. The van der Waals surface area contributed by atoms with Crippen LogP contribution >= 0.6 is 7.82 Å². The molecule has 0 aliphatic rings. The first-order valence-corrected chi connectivity index (χ1v) is 9.19. The lowest BCUT2D eigenvalue weighted by Crippen LogP contribution is -2.46. The summed E-state index contributed by atoms with van der Waals surface area (Å²) in [7, 11) is -3.11. The van der Waals surface area contributed by atoms with Crippen LogP contribution in [0, 0.1) is 0 Å². The van der Waals surface area contributed by atoms with Crippen molar-refractivity contribution in [2.75, 3.05) is 20.3 Å². The fraction of sp³-hybridized carbons (Fsp3) is 0.786. The Morgan fingerprint density at radius 2 is 1.75 bits per heavy atom. The highest BCUT2D eigenvalue weighted by atomic mass is 31.2. The third-order valence-electron chi connectivity index (χ3n) is 3.12. The van der Waals surface area contributed by atoms with E-state index in [4.69, 9.17) is 0 Å². The van der Waals surface area contributed by atoms with Gasteiger partial charge < -0.3 is 24.6 Å². The molecule has 140 valence electrons. The predicted molar refractivity (Wildman–Crippen MR) is 85.3 cm³/mol. The normalized spacial score (nSPS) is 14.5. The van der Waals surface area contributed by atoms with Gasteiger partial charge in [0.05, 0.1) is 12.6 Å². The number of nitrogens with one attached hydrogen (secondary N) is 2. The summed E-state index contributed by atoms with van der Waals surface area (Å²) >= 11 is 0. The maximum Gasteiger partial charge on any atom is 0.315 e. The first-order valence-electron chi connectivity index (χ1n) is 7.73. The average Bonchev–Trinajstić information content (AvgIpc) is 2.48. The maximum atomic E-state index is 11.6. The van der Waals surface area contributed by atoms with Crippen molar-refractivity contribution in [3.63, 3.8) is 0 Å². The largest absolute Gasteiger partial charge is 0.756 e. The van der Waals surface area contributed by atoms with E-state index in [0.29, 0.717) is 19.4 Å². The minimum absolute atomic E-state index is 0.0200. The van der Waals surface area contributed by atoms with Crippen molar-refractivity contribution in [3.05, 3.63) is 0 Å². The summed E-state index contributed by atoms with van der Waals surface area (Å²) in [4.78, 5) is 44.9. The molecule has 0 aliphatic heterocycles. The van der Waals surface area contributed by atoms with Crippen molar-refractivity contribution in [2.45, 2.75) is 52.0 Å². The van der Waals surface area contributed by atoms with E-state index < -0.39 is 19.9 Å². The number of unbranched alkanes of at least 4 members (excludes halogenated alkanes) is 3. The van der Waals surface area contributed by atoms with Gasteiger partial charge in [-0.15, -0.1) is 0 Å². The van der Waals surface area contributed by atoms with Gasteiger partial charge in [-0.05, 0) is 26.7 Å². The fourth-order valence-electron chi connectivity index (χ4n) is 1.80. The number of carbonyl (C=O) groups excluding carboxylic acids is 3. The Kier molecular flexibility index (Phi) is 11.5. The lowest BCUT2D eigenvalue weighted by atomic mass is 10.1. The van der Waals surface area contributed by atoms with E-state index in [0.717, 1.165) is 20.0 Å². The van der Waals surface area contributed by atoms with Crippen LogP contribution < -0.4 is 15.5 Å². The van der Waals surface area contributed by atoms with Crippen LogP contribution in [0.1, 0.15) is 46.0 Å². The van der Waals surface area contributed by atoms with E-state index in [-0.39, 0.29) is 24.6 Å². The van der Waals surface area contributed by atoms with Crippen LogP contribution in [0.4, 0.5) is 4.79 Å². The highest BCUT2D eigenvalue weighted by Gasteiger charge is 2.18. The number of ketones is 2. The first kappa shape index (κ1) is 22.7. The quantitative estimate of drug-likeness (QED) is 0.366. The van der Waals surface area contributed by atoms with Crippen molar-refractivity contribution in [1.29, 1.82) is 0 Å². The topological polar surface area (TPSA) is 134 Å². The molecule has 24 heavy (non-hydrogen) atoms. The average molecular weight is 365 g/mol. The summed E-state index contributed by atoms with van der Waals surface area (Å²) in [6.07, 6.45) is 2.77. The van der Waals surface area contributed by atoms with Gasteiger partial charge in [-0.2, -0.15) is 0 Å². The molecule has 0 bridgehead atoms. The molecule has 0 fully saturated rings. The fourth-order valence-corrected chi connectivity index (χ4v) is 2.26. The number of Topliss-reactive ketones (excluding diaryl/α,β-unsaturated/α-hetero) is 2. The van der Waals surface area contributed by atoms with Crippen molar-refractivity contribution in [1.82, 2.24) is 10.6 Å². The summed E-state index contributed by atoms with van der Waals surface area (Å²) in [5.74, 6) is -0.444. The molecule has 0 aromatic carbocycles. The second-order valence-corrected chi connectivity index (χ2v) is 6.86. The molecule has 0 rings (SSSR count). The summed E-state index contributed by atoms with van der Waals surface area (Å²) in [5, 5.41) is 5.07. The van der Waals surface area contributed by atoms with Crippen LogP contribution in [0.2, 0.25) is 0 Å². The second kappa shape index (κ2) is 12.1. The standard InChI is InChI=1S/C14H27N2O7P/c1-11(17)10-13(12(2)18)16-14(19)15-8-6-4-5-7-9-23-24(20,21)22-3/h13H,4-10H2,1-3H3,(H,20,21)(H2,15,16,19)/p-1. The van der Waals surface area contributed by atoms with Crippen LogP contribution in [-0.2, 0) is 23.2 Å². The molecular weight excluding hydrogens is 339 g/mol. The summed E-state index contributed by atoms with van der Waals surface area (Å²) in [6, 6.07) is -1.30. The zero-order valence-corrected chi connectivity index (χ0v) is 15.2. The van der Waals surface area contributed by atoms with Gasteiger partial charge in [0.25, 0.3) is 7.82 Å². The van der Waals surface area contributed by atoms with Crippen LogP contribution in [0.3, 0.4) is 0 Å². The SMILES string of the molecule is COP(=O)([O-])OCCCCCCNC(=O)NC(CC(C)=O)C(C)=O. The number of rotatable bonds is 13. The highest BCUT2D eigenvalue weighted by molar-refractivity contribution is 7.45. The van der Waals surface area contributed by atoms with E-state index in [1.165, 1.54) is 13.8 Å². The molecule has 2 unspecified atom stereocenters. The molecule has 0 aromatic rings. The van der Waals surface area contributed by atoms with Gasteiger partial charge in [0.15, 0.2) is 5.78 Å². The lowest BCUT2D eigenvalue weighted by Gasteiger charge is -2.19. The number of urea groups is 1. The number of hydrogen-bond donors (Lipinski definition) is 2. The lowest BCUT2D eigenvalue weighted by molar-refractivity contribution is -0.223. The Hall–Kier alpha value is -1.28. The number of phosphoric ester groups is 1.